The summed E-state index contributed by atoms with van der Waals surface area (Å²) in [5.41, 5.74) is 1.87. The molecule has 2 rings (SSSR count). The van der Waals surface area contributed by atoms with E-state index in [-0.39, 0.29) is 28.2 Å². The van der Waals surface area contributed by atoms with Gasteiger partial charge in [0.1, 0.15) is 0 Å². The fourth-order valence-corrected chi connectivity index (χ4v) is 3.93. The molecule has 0 unspecified atom stereocenters. The molecule has 0 aromatic heterocycles. The summed E-state index contributed by atoms with van der Waals surface area (Å²) in [5.74, 6) is 0.419. The molecule has 1 fully saturated rings. The average molecular weight is 306 g/mol. The van der Waals surface area contributed by atoms with Gasteiger partial charge in [0, 0.05) is 36.2 Å². The third-order valence-corrected chi connectivity index (χ3v) is 5.15. The van der Waals surface area contributed by atoms with E-state index < -0.39 is 0 Å². The second-order valence-electron chi connectivity index (χ2n) is 7.01. The molecular weight excluding hydrogens is 280 g/mol. The summed E-state index contributed by atoms with van der Waals surface area (Å²) in [5, 5.41) is 14.7. The van der Waals surface area contributed by atoms with Crippen molar-refractivity contribution in [3.8, 4) is 0 Å². The molecule has 1 aliphatic carbocycles. The second kappa shape index (κ2) is 5.97. The van der Waals surface area contributed by atoms with Crippen molar-refractivity contribution >= 4 is 5.69 Å². The highest BCUT2D eigenvalue weighted by Gasteiger charge is 2.54. The standard InChI is InChI=1S/C17H26N2O3/c1-10-7-8-13(9-14(10)19(20)21)12(3)18-15-11(2)16(22-6)17(15,4)5/h7-9,11-12,15-16,18H,1-6H3/t11-,12+,15-,16-/m1/s1. The van der Waals surface area contributed by atoms with Crippen LogP contribution in [0.25, 0.3) is 0 Å². The molecule has 0 amide bonds. The van der Waals surface area contributed by atoms with Gasteiger partial charge in [0.25, 0.3) is 5.69 Å². The van der Waals surface area contributed by atoms with Gasteiger partial charge in [0.15, 0.2) is 0 Å². The Labute approximate surface area is 132 Å². The van der Waals surface area contributed by atoms with E-state index in [1.54, 1.807) is 20.1 Å². The molecule has 1 N–H and O–H groups in total. The summed E-state index contributed by atoms with van der Waals surface area (Å²) in [6, 6.07) is 5.84. The molecular formula is C17H26N2O3. The Balaban J connectivity index is 2.15. The zero-order valence-electron chi connectivity index (χ0n) is 14.2. The lowest BCUT2D eigenvalue weighted by atomic mass is 9.57. The summed E-state index contributed by atoms with van der Waals surface area (Å²) < 4.78 is 5.57. The first-order valence-corrected chi connectivity index (χ1v) is 7.74. The third-order valence-electron chi connectivity index (χ3n) is 5.15. The van der Waals surface area contributed by atoms with E-state index >= 15 is 0 Å². The number of methoxy groups -OCH3 is 1. The Morgan fingerprint density at radius 2 is 2.05 bits per heavy atom. The molecule has 0 spiro atoms. The summed E-state index contributed by atoms with van der Waals surface area (Å²) in [7, 11) is 1.76. The highest BCUT2D eigenvalue weighted by Crippen LogP contribution is 2.47. The normalized spacial score (nSPS) is 28.0. The fourth-order valence-electron chi connectivity index (χ4n) is 3.93. The molecule has 1 aliphatic rings. The molecule has 0 saturated heterocycles. The quantitative estimate of drug-likeness (QED) is 0.666. The van der Waals surface area contributed by atoms with Gasteiger partial charge < -0.3 is 10.1 Å². The van der Waals surface area contributed by atoms with Crippen LogP contribution in [0.5, 0.6) is 0 Å². The lowest BCUT2D eigenvalue weighted by molar-refractivity contribution is -0.385. The molecule has 5 nitrogen and oxygen atoms in total. The topological polar surface area (TPSA) is 64.4 Å². The molecule has 0 heterocycles. The first-order valence-electron chi connectivity index (χ1n) is 7.74. The summed E-state index contributed by atoms with van der Waals surface area (Å²) in [6.45, 7) is 10.4. The van der Waals surface area contributed by atoms with Gasteiger partial charge in [-0.1, -0.05) is 32.9 Å². The Morgan fingerprint density at radius 1 is 1.41 bits per heavy atom. The van der Waals surface area contributed by atoms with E-state index in [1.807, 2.05) is 12.1 Å². The monoisotopic (exact) mass is 306 g/mol. The number of hydrogen-bond donors (Lipinski definition) is 1. The minimum Gasteiger partial charge on any atom is -0.380 e. The first-order chi connectivity index (χ1) is 10.2. The van der Waals surface area contributed by atoms with Crippen LogP contribution in [0.4, 0.5) is 5.69 Å². The third kappa shape index (κ3) is 2.75. The molecule has 1 saturated carbocycles. The van der Waals surface area contributed by atoms with Crippen molar-refractivity contribution in [1.29, 1.82) is 0 Å². The second-order valence-corrected chi connectivity index (χ2v) is 7.01. The van der Waals surface area contributed by atoms with Crippen LogP contribution in [-0.2, 0) is 4.74 Å². The minimum absolute atomic E-state index is 0.0546. The van der Waals surface area contributed by atoms with Crippen molar-refractivity contribution < 1.29 is 9.66 Å². The number of hydrogen-bond acceptors (Lipinski definition) is 4. The van der Waals surface area contributed by atoms with E-state index in [4.69, 9.17) is 4.74 Å². The van der Waals surface area contributed by atoms with Crippen molar-refractivity contribution in [2.24, 2.45) is 11.3 Å². The molecule has 0 radical (unpaired) electrons. The number of nitrogens with one attached hydrogen (secondary N) is 1. The van der Waals surface area contributed by atoms with Crippen LogP contribution in [0.2, 0.25) is 0 Å². The van der Waals surface area contributed by atoms with Crippen molar-refractivity contribution in [2.45, 2.75) is 52.8 Å². The molecule has 0 aliphatic heterocycles. The Hall–Kier alpha value is -1.46. The highest BCUT2D eigenvalue weighted by atomic mass is 16.6. The van der Waals surface area contributed by atoms with Gasteiger partial charge in [0.2, 0.25) is 0 Å². The maximum Gasteiger partial charge on any atom is 0.272 e. The lowest BCUT2D eigenvalue weighted by Gasteiger charge is -2.57. The van der Waals surface area contributed by atoms with Crippen LogP contribution in [0.15, 0.2) is 18.2 Å². The van der Waals surface area contributed by atoms with E-state index in [2.05, 4.69) is 33.0 Å². The summed E-state index contributed by atoms with van der Waals surface area (Å²) in [6.07, 6.45) is 0.240. The smallest absolute Gasteiger partial charge is 0.272 e. The van der Waals surface area contributed by atoms with Crippen molar-refractivity contribution in [2.75, 3.05) is 7.11 Å². The van der Waals surface area contributed by atoms with Crippen molar-refractivity contribution in [3.63, 3.8) is 0 Å². The Bertz CT molecular complexity index is 571. The minimum atomic E-state index is -0.317. The van der Waals surface area contributed by atoms with Gasteiger partial charge >= 0.3 is 0 Å². The predicted molar refractivity (Wildman–Crippen MR) is 86.9 cm³/mol. The SMILES string of the molecule is CO[C@@H]1[C@H](C)[C@@H](N[C@@H](C)c2ccc(C)c([N+](=O)[O-])c2)C1(C)C. The number of nitrogens with zero attached hydrogens (tertiary/aromatic N) is 1. The molecule has 0 bridgehead atoms. The summed E-state index contributed by atoms with van der Waals surface area (Å²) >= 11 is 0. The molecule has 1 aromatic rings. The van der Waals surface area contributed by atoms with Crippen LogP contribution in [0.1, 0.15) is 44.9 Å². The Morgan fingerprint density at radius 3 is 2.55 bits per heavy atom. The number of rotatable bonds is 5. The van der Waals surface area contributed by atoms with Crippen LogP contribution in [0, 0.1) is 28.4 Å². The molecule has 4 atom stereocenters. The van der Waals surface area contributed by atoms with Crippen LogP contribution < -0.4 is 5.32 Å². The fraction of sp³-hybridized carbons (Fsp3) is 0.647. The molecule has 5 heteroatoms. The summed E-state index contributed by atoms with van der Waals surface area (Å²) in [4.78, 5) is 10.8. The lowest BCUT2D eigenvalue weighted by Crippen LogP contribution is -2.67. The van der Waals surface area contributed by atoms with Crippen molar-refractivity contribution in [1.82, 2.24) is 5.32 Å². The van der Waals surface area contributed by atoms with Gasteiger partial charge in [-0.3, -0.25) is 10.1 Å². The molecule has 22 heavy (non-hydrogen) atoms. The number of nitro groups is 1. The zero-order valence-corrected chi connectivity index (χ0v) is 14.2. The van der Waals surface area contributed by atoms with Gasteiger partial charge in [-0.25, -0.2) is 0 Å². The number of aryl methyl sites for hydroxylation is 1. The highest BCUT2D eigenvalue weighted by molar-refractivity contribution is 5.43. The number of nitro benzene ring substituents is 1. The Kier molecular flexibility index (Phi) is 4.59. The van der Waals surface area contributed by atoms with E-state index in [9.17, 15) is 10.1 Å². The first kappa shape index (κ1) is 16.9. The number of ether oxygens (including phenoxy) is 1. The zero-order chi connectivity index (χ0) is 16.7. The van der Waals surface area contributed by atoms with Crippen LogP contribution >= 0.6 is 0 Å². The van der Waals surface area contributed by atoms with Gasteiger partial charge in [-0.15, -0.1) is 0 Å². The number of benzene rings is 1. The van der Waals surface area contributed by atoms with Crippen LogP contribution in [-0.4, -0.2) is 24.2 Å². The maximum atomic E-state index is 11.1. The van der Waals surface area contributed by atoms with E-state index in [0.717, 1.165) is 5.56 Å². The van der Waals surface area contributed by atoms with E-state index in [0.29, 0.717) is 17.5 Å². The average Bonchev–Trinajstić information content (AvgIpc) is 2.44. The van der Waals surface area contributed by atoms with Crippen LogP contribution in [0.3, 0.4) is 0 Å². The maximum absolute atomic E-state index is 11.1. The van der Waals surface area contributed by atoms with Crippen molar-refractivity contribution in [3.05, 3.63) is 39.4 Å². The van der Waals surface area contributed by atoms with Gasteiger partial charge in [-0.05, 0) is 25.3 Å². The van der Waals surface area contributed by atoms with E-state index in [1.165, 1.54) is 0 Å². The largest absolute Gasteiger partial charge is 0.380 e. The van der Waals surface area contributed by atoms with Gasteiger partial charge in [-0.2, -0.15) is 0 Å². The molecule has 122 valence electrons. The predicted octanol–water partition coefficient (Wildman–Crippen LogP) is 3.61. The van der Waals surface area contributed by atoms with Gasteiger partial charge in [0.05, 0.1) is 11.0 Å². The molecule has 1 aromatic carbocycles.